The zero-order valence-electron chi connectivity index (χ0n) is 10.3. The summed E-state index contributed by atoms with van der Waals surface area (Å²) in [6.45, 7) is 3.20. The topological polar surface area (TPSA) is 12.0 Å². The van der Waals surface area contributed by atoms with E-state index in [1.807, 2.05) is 7.05 Å². The summed E-state index contributed by atoms with van der Waals surface area (Å²) in [5, 5.41) is 3.21. The lowest BCUT2D eigenvalue weighted by molar-refractivity contribution is 0.851. The molecule has 0 unspecified atom stereocenters. The van der Waals surface area contributed by atoms with Crippen LogP contribution in [0, 0.1) is 0 Å². The van der Waals surface area contributed by atoms with Crippen LogP contribution in [0.3, 0.4) is 0 Å². The summed E-state index contributed by atoms with van der Waals surface area (Å²) in [5.41, 5.74) is 4.31. The molecule has 1 aliphatic carbocycles. The van der Waals surface area contributed by atoms with E-state index < -0.39 is 0 Å². The van der Waals surface area contributed by atoms with Gasteiger partial charge in [0.05, 0.1) is 0 Å². The fraction of sp³-hybridized carbons (Fsp3) is 0.467. The molecule has 0 aromatic heterocycles. The monoisotopic (exact) mass is 215 g/mol. The molecule has 1 N–H and O–H groups in total. The molecule has 86 valence electrons. The van der Waals surface area contributed by atoms with Gasteiger partial charge in [0.15, 0.2) is 0 Å². The summed E-state index contributed by atoms with van der Waals surface area (Å²) >= 11 is 0. The number of likely N-dealkylation sites (N-methyl/N-ethyl adjacent to an activating group) is 1. The van der Waals surface area contributed by atoms with Crippen molar-refractivity contribution in [3.63, 3.8) is 0 Å². The minimum Gasteiger partial charge on any atom is -0.316 e. The van der Waals surface area contributed by atoms with E-state index in [0.29, 0.717) is 0 Å². The summed E-state index contributed by atoms with van der Waals surface area (Å²) in [5.74, 6) is 0.862. The normalized spacial score (nSPS) is 16.5. The van der Waals surface area contributed by atoms with Crippen LogP contribution in [0.5, 0.6) is 0 Å². The van der Waals surface area contributed by atoms with E-state index in [1.54, 1.807) is 0 Å². The predicted molar refractivity (Wildman–Crippen MR) is 70.6 cm³/mol. The SMILES string of the molecule is CCC(=Cc1ccc(C2CC2)cc1)CNC. The lowest BCUT2D eigenvalue weighted by atomic mass is 10.1. The summed E-state index contributed by atoms with van der Waals surface area (Å²) in [7, 11) is 2.00. The van der Waals surface area contributed by atoms with E-state index in [-0.39, 0.29) is 0 Å². The fourth-order valence-electron chi connectivity index (χ4n) is 2.02. The molecule has 2 rings (SSSR count). The van der Waals surface area contributed by atoms with Crippen molar-refractivity contribution in [1.29, 1.82) is 0 Å². The van der Waals surface area contributed by atoms with E-state index in [4.69, 9.17) is 0 Å². The number of nitrogens with one attached hydrogen (secondary N) is 1. The van der Waals surface area contributed by atoms with Crippen LogP contribution in [0.1, 0.15) is 43.2 Å². The molecule has 1 saturated carbocycles. The maximum absolute atomic E-state index is 3.21. The van der Waals surface area contributed by atoms with E-state index in [0.717, 1.165) is 18.9 Å². The van der Waals surface area contributed by atoms with Gasteiger partial charge in [-0.1, -0.05) is 42.8 Å². The molecule has 1 fully saturated rings. The highest BCUT2D eigenvalue weighted by molar-refractivity contribution is 5.54. The third-order valence-electron chi connectivity index (χ3n) is 3.21. The summed E-state index contributed by atoms with van der Waals surface area (Å²) in [6.07, 6.45) is 6.18. The van der Waals surface area contributed by atoms with Crippen LogP contribution in [0.2, 0.25) is 0 Å². The molecule has 1 aromatic rings. The highest BCUT2D eigenvalue weighted by Crippen LogP contribution is 2.39. The van der Waals surface area contributed by atoms with Gasteiger partial charge in [0.2, 0.25) is 0 Å². The first-order valence-corrected chi connectivity index (χ1v) is 6.27. The van der Waals surface area contributed by atoms with Crippen LogP contribution in [-0.2, 0) is 0 Å². The molecule has 1 aromatic carbocycles. The Morgan fingerprint density at radius 3 is 2.50 bits per heavy atom. The van der Waals surface area contributed by atoms with Gasteiger partial charge < -0.3 is 5.32 Å². The molecule has 16 heavy (non-hydrogen) atoms. The highest BCUT2D eigenvalue weighted by atomic mass is 14.8. The average molecular weight is 215 g/mol. The third kappa shape index (κ3) is 2.96. The van der Waals surface area contributed by atoms with Crippen molar-refractivity contribution in [2.24, 2.45) is 0 Å². The number of benzene rings is 1. The van der Waals surface area contributed by atoms with Crippen molar-refractivity contribution in [3.8, 4) is 0 Å². The average Bonchev–Trinajstić information content (AvgIpc) is 3.13. The number of rotatable bonds is 5. The molecule has 1 heteroatoms. The van der Waals surface area contributed by atoms with Gasteiger partial charge in [-0.2, -0.15) is 0 Å². The molecule has 0 spiro atoms. The van der Waals surface area contributed by atoms with Crippen LogP contribution in [0.25, 0.3) is 6.08 Å². The Bertz CT molecular complexity index is 358. The summed E-state index contributed by atoms with van der Waals surface area (Å²) in [4.78, 5) is 0. The number of hydrogen-bond acceptors (Lipinski definition) is 1. The Kier molecular flexibility index (Phi) is 3.79. The quantitative estimate of drug-likeness (QED) is 0.791. The Morgan fingerprint density at radius 1 is 1.31 bits per heavy atom. The number of hydrogen-bond donors (Lipinski definition) is 1. The van der Waals surface area contributed by atoms with Crippen LogP contribution in [0.4, 0.5) is 0 Å². The second-order valence-corrected chi connectivity index (χ2v) is 4.63. The molecule has 0 radical (unpaired) electrons. The highest BCUT2D eigenvalue weighted by Gasteiger charge is 2.22. The Labute approximate surface area is 98.6 Å². The van der Waals surface area contributed by atoms with E-state index in [2.05, 4.69) is 42.6 Å². The maximum Gasteiger partial charge on any atom is 0.0164 e. The molecule has 0 atom stereocenters. The largest absolute Gasteiger partial charge is 0.316 e. The molecule has 0 aliphatic heterocycles. The Hall–Kier alpha value is -1.08. The fourth-order valence-corrected chi connectivity index (χ4v) is 2.02. The lowest BCUT2D eigenvalue weighted by Crippen LogP contribution is -2.09. The van der Waals surface area contributed by atoms with Crippen LogP contribution in [0.15, 0.2) is 29.8 Å². The zero-order chi connectivity index (χ0) is 11.4. The van der Waals surface area contributed by atoms with Gasteiger partial charge in [-0.15, -0.1) is 0 Å². The molecule has 0 heterocycles. The zero-order valence-corrected chi connectivity index (χ0v) is 10.3. The standard InChI is InChI=1S/C15H21N/c1-3-12(11-16-2)10-13-4-6-14(7-5-13)15-8-9-15/h4-7,10,15-16H,3,8-9,11H2,1-2H3. The van der Waals surface area contributed by atoms with Crippen molar-refractivity contribution >= 4 is 6.08 Å². The Morgan fingerprint density at radius 2 is 2.00 bits per heavy atom. The third-order valence-corrected chi connectivity index (χ3v) is 3.21. The van der Waals surface area contributed by atoms with Gasteiger partial charge in [-0.25, -0.2) is 0 Å². The molecular formula is C15H21N. The van der Waals surface area contributed by atoms with E-state index in [1.165, 1.54) is 29.5 Å². The van der Waals surface area contributed by atoms with E-state index in [9.17, 15) is 0 Å². The summed E-state index contributed by atoms with van der Waals surface area (Å²) < 4.78 is 0. The molecule has 0 bridgehead atoms. The van der Waals surface area contributed by atoms with Crippen molar-refractivity contribution < 1.29 is 0 Å². The van der Waals surface area contributed by atoms with Gasteiger partial charge in [-0.05, 0) is 43.4 Å². The minimum absolute atomic E-state index is 0.862. The van der Waals surface area contributed by atoms with Gasteiger partial charge in [0.1, 0.15) is 0 Å². The van der Waals surface area contributed by atoms with Crippen LogP contribution < -0.4 is 5.32 Å². The Balaban J connectivity index is 2.07. The molecule has 0 saturated heterocycles. The first-order chi connectivity index (χ1) is 7.83. The first kappa shape index (κ1) is 11.4. The molecule has 0 amide bonds. The minimum atomic E-state index is 0.862. The second-order valence-electron chi connectivity index (χ2n) is 4.63. The van der Waals surface area contributed by atoms with Crippen LogP contribution in [-0.4, -0.2) is 13.6 Å². The summed E-state index contributed by atoms with van der Waals surface area (Å²) in [6, 6.07) is 9.07. The smallest absolute Gasteiger partial charge is 0.0164 e. The lowest BCUT2D eigenvalue weighted by Gasteiger charge is -2.04. The van der Waals surface area contributed by atoms with Crippen molar-refractivity contribution in [2.75, 3.05) is 13.6 Å². The van der Waals surface area contributed by atoms with Gasteiger partial charge in [0.25, 0.3) is 0 Å². The van der Waals surface area contributed by atoms with Crippen LogP contribution >= 0.6 is 0 Å². The second kappa shape index (κ2) is 5.31. The predicted octanol–water partition coefficient (Wildman–Crippen LogP) is 3.58. The first-order valence-electron chi connectivity index (χ1n) is 6.27. The van der Waals surface area contributed by atoms with E-state index >= 15 is 0 Å². The van der Waals surface area contributed by atoms with Crippen molar-refractivity contribution in [3.05, 3.63) is 41.0 Å². The molecular weight excluding hydrogens is 194 g/mol. The van der Waals surface area contributed by atoms with Crippen molar-refractivity contribution in [1.82, 2.24) is 5.32 Å². The van der Waals surface area contributed by atoms with Gasteiger partial charge in [0, 0.05) is 6.54 Å². The molecule has 1 nitrogen and oxygen atoms in total. The van der Waals surface area contributed by atoms with Gasteiger partial charge >= 0.3 is 0 Å². The van der Waals surface area contributed by atoms with Crippen molar-refractivity contribution in [2.45, 2.75) is 32.1 Å². The van der Waals surface area contributed by atoms with Gasteiger partial charge in [-0.3, -0.25) is 0 Å². The maximum atomic E-state index is 3.21. The molecule has 1 aliphatic rings.